The third kappa shape index (κ3) is 3.09. The zero-order valence-corrected chi connectivity index (χ0v) is 8.55. The molecule has 0 radical (unpaired) electrons. The first-order valence-corrected chi connectivity index (χ1v) is 4.59. The lowest BCUT2D eigenvalue weighted by atomic mass is 9.94. The molecule has 1 rings (SSSR count). The van der Waals surface area contributed by atoms with Crippen molar-refractivity contribution < 1.29 is 9.50 Å². The van der Waals surface area contributed by atoms with E-state index in [1.165, 1.54) is 12.1 Å². The minimum atomic E-state index is -0.680. The predicted molar refractivity (Wildman–Crippen MR) is 54.5 cm³/mol. The van der Waals surface area contributed by atoms with Crippen LogP contribution in [0.4, 0.5) is 4.39 Å². The molecule has 0 heterocycles. The van der Waals surface area contributed by atoms with Gasteiger partial charge in [0.15, 0.2) is 0 Å². The average molecular weight is 197 g/mol. The molecule has 1 atom stereocenters. The maximum atomic E-state index is 13.0. The summed E-state index contributed by atoms with van der Waals surface area (Å²) in [5.41, 5.74) is 6.79. The van der Waals surface area contributed by atoms with Gasteiger partial charge in [0.1, 0.15) is 5.82 Å². The Morgan fingerprint density at radius 1 is 1.43 bits per heavy atom. The number of benzene rings is 1. The van der Waals surface area contributed by atoms with E-state index in [0.29, 0.717) is 6.42 Å². The van der Waals surface area contributed by atoms with Crippen LogP contribution in [0.5, 0.6) is 0 Å². The molecule has 1 unspecified atom stereocenters. The van der Waals surface area contributed by atoms with Crippen LogP contribution in [0.1, 0.15) is 18.1 Å². The fourth-order valence-electron chi connectivity index (χ4n) is 1.44. The Hall–Kier alpha value is -0.930. The van der Waals surface area contributed by atoms with Crippen molar-refractivity contribution in [3.63, 3.8) is 0 Å². The zero-order valence-electron chi connectivity index (χ0n) is 8.55. The first-order chi connectivity index (χ1) is 6.43. The highest BCUT2D eigenvalue weighted by Gasteiger charge is 2.17. The van der Waals surface area contributed by atoms with Crippen molar-refractivity contribution in [3.05, 3.63) is 35.1 Å². The summed E-state index contributed by atoms with van der Waals surface area (Å²) < 4.78 is 13.0. The van der Waals surface area contributed by atoms with E-state index in [1.807, 2.05) is 13.0 Å². The molecule has 0 aliphatic rings. The second kappa shape index (κ2) is 4.07. The van der Waals surface area contributed by atoms with Gasteiger partial charge in [-0.15, -0.1) is 0 Å². The van der Waals surface area contributed by atoms with E-state index in [0.717, 1.165) is 11.1 Å². The van der Waals surface area contributed by atoms with Gasteiger partial charge in [0.05, 0.1) is 6.61 Å². The molecule has 0 fully saturated rings. The molecule has 3 N–H and O–H groups in total. The zero-order chi connectivity index (χ0) is 10.8. The molecule has 14 heavy (non-hydrogen) atoms. The van der Waals surface area contributed by atoms with Crippen LogP contribution in [0.2, 0.25) is 0 Å². The fourth-order valence-corrected chi connectivity index (χ4v) is 1.44. The molecule has 1 aromatic carbocycles. The SMILES string of the molecule is Cc1cc(F)cc(CC(C)(N)CO)c1. The standard InChI is InChI=1S/C11H16FNO/c1-8-3-9(5-10(12)4-8)6-11(2,13)7-14/h3-5,14H,6-7,13H2,1-2H3. The fraction of sp³-hybridized carbons (Fsp3) is 0.455. The van der Waals surface area contributed by atoms with Crippen molar-refractivity contribution >= 4 is 0 Å². The number of hydrogen-bond donors (Lipinski definition) is 2. The number of aliphatic hydroxyl groups excluding tert-OH is 1. The van der Waals surface area contributed by atoms with Gasteiger partial charge in [0.25, 0.3) is 0 Å². The van der Waals surface area contributed by atoms with E-state index < -0.39 is 5.54 Å². The van der Waals surface area contributed by atoms with Crippen LogP contribution in [0, 0.1) is 12.7 Å². The molecule has 3 heteroatoms. The van der Waals surface area contributed by atoms with E-state index >= 15 is 0 Å². The van der Waals surface area contributed by atoms with Gasteiger partial charge in [-0.1, -0.05) is 6.07 Å². The molecule has 0 saturated carbocycles. The molecular weight excluding hydrogens is 181 g/mol. The number of rotatable bonds is 3. The first kappa shape index (κ1) is 11.1. The highest BCUT2D eigenvalue weighted by atomic mass is 19.1. The van der Waals surface area contributed by atoms with E-state index in [1.54, 1.807) is 6.92 Å². The van der Waals surface area contributed by atoms with Gasteiger partial charge in [-0.2, -0.15) is 0 Å². The maximum Gasteiger partial charge on any atom is 0.123 e. The Morgan fingerprint density at radius 3 is 2.57 bits per heavy atom. The second-order valence-corrected chi connectivity index (χ2v) is 4.13. The molecular formula is C11H16FNO. The Balaban J connectivity index is 2.87. The maximum absolute atomic E-state index is 13.0. The summed E-state index contributed by atoms with van der Waals surface area (Å²) >= 11 is 0. The lowest BCUT2D eigenvalue weighted by Gasteiger charge is -2.21. The van der Waals surface area contributed by atoms with Crippen LogP contribution in [0.15, 0.2) is 18.2 Å². The van der Waals surface area contributed by atoms with Gasteiger partial charge in [-0.25, -0.2) is 4.39 Å². The number of aliphatic hydroxyl groups is 1. The summed E-state index contributed by atoms with van der Waals surface area (Å²) in [6, 6.07) is 4.80. The minimum Gasteiger partial charge on any atom is -0.394 e. The highest BCUT2D eigenvalue weighted by molar-refractivity contribution is 5.25. The normalized spacial score (nSPS) is 15.2. The molecule has 0 spiro atoms. The minimum absolute atomic E-state index is 0.109. The summed E-state index contributed by atoms with van der Waals surface area (Å²) in [5.74, 6) is -0.256. The van der Waals surface area contributed by atoms with Crippen LogP contribution >= 0.6 is 0 Å². The molecule has 78 valence electrons. The first-order valence-electron chi connectivity index (χ1n) is 4.59. The van der Waals surface area contributed by atoms with Crippen molar-refractivity contribution in [2.24, 2.45) is 5.73 Å². The molecule has 1 aromatic rings. The van der Waals surface area contributed by atoms with Crippen LogP contribution in [-0.4, -0.2) is 17.3 Å². The number of hydrogen-bond acceptors (Lipinski definition) is 2. The van der Waals surface area contributed by atoms with Crippen LogP contribution in [-0.2, 0) is 6.42 Å². The lowest BCUT2D eigenvalue weighted by Crippen LogP contribution is -2.42. The topological polar surface area (TPSA) is 46.2 Å². The van der Waals surface area contributed by atoms with Crippen LogP contribution in [0.25, 0.3) is 0 Å². The van der Waals surface area contributed by atoms with Crippen molar-refractivity contribution in [3.8, 4) is 0 Å². The number of aryl methyl sites for hydroxylation is 1. The predicted octanol–water partition coefficient (Wildman–Crippen LogP) is 1.39. The van der Waals surface area contributed by atoms with Gasteiger partial charge < -0.3 is 10.8 Å². The summed E-state index contributed by atoms with van der Waals surface area (Å²) in [4.78, 5) is 0. The van der Waals surface area contributed by atoms with Crippen molar-refractivity contribution in [1.29, 1.82) is 0 Å². The van der Waals surface area contributed by atoms with E-state index in [2.05, 4.69) is 0 Å². The Labute approximate surface area is 83.6 Å². The van der Waals surface area contributed by atoms with Gasteiger partial charge >= 0.3 is 0 Å². The molecule has 0 aliphatic heterocycles. The Morgan fingerprint density at radius 2 is 2.07 bits per heavy atom. The van der Waals surface area contributed by atoms with Gasteiger partial charge in [0.2, 0.25) is 0 Å². The Bertz CT molecular complexity index is 303. The van der Waals surface area contributed by atoms with Crippen molar-refractivity contribution in [2.75, 3.05) is 6.61 Å². The summed E-state index contributed by atoms with van der Waals surface area (Å²) in [6.45, 7) is 3.47. The third-order valence-electron chi connectivity index (χ3n) is 2.07. The molecule has 0 aromatic heterocycles. The Kier molecular flexibility index (Phi) is 3.24. The molecule has 0 bridgehead atoms. The lowest BCUT2D eigenvalue weighted by molar-refractivity contribution is 0.208. The average Bonchev–Trinajstić information content (AvgIpc) is 2.01. The van der Waals surface area contributed by atoms with Crippen LogP contribution in [0.3, 0.4) is 0 Å². The monoisotopic (exact) mass is 197 g/mol. The van der Waals surface area contributed by atoms with Gasteiger partial charge in [0, 0.05) is 5.54 Å². The molecule has 0 aliphatic carbocycles. The summed E-state index contributed by atoms with van der Waals surface area (Å²) in [7, 11) is 0. The van der Waals surface area contributed by atoms with Gasteiger partial charge in [-0.05, 0) is 43.5 Å². The largest absolute Gasteiger partial charge is 0.394 e. The highest BCUT2D eigenvalue weighted by Crippen LogP contribution is 2.14. The van der Waals surface area contributed by atoms with Crippen LogP contribution < -0.4 is 5.73 Å². The molecule has 0 saturated heterocycles. The smallest absolute Gasteiger partial charge is 0.123 e. The molecule has 2 nitrogen and oxygen atoms in total. The number of nitrogens with two attached hydrogens (primary N) is 1. The second-order valence-electron chi connectivity index (χ2n) is 4.13. The third-order valence-corrected chi connectivity index (χ3v) is 2.07. The van der Waals surface area contributed by atoms with Crippen molar-refractivity contribution in [1.82, 2.24) is 0 Å². The summed E-state index contributed by atoms with van der Waals surface area (Å²) in [6.07, 6.45) is 0.474. The van der Waals surface area contributed by atoms with E-state index in [4.69, 9.17) is 10.8 Å². The summed E-state index contributed by atoms with van der Waals surface area (Å²) in [5, 5.41) is 8.98. The molecule has 0 amide bonds. The van der Waals surface area contributed by atoms with Gasteiger partial charge in [-0.3, -0.25) is 0 Å². The van der Waals surface area contributed by atoms with E-state index in [-0.39, 0.29) is 12.4 Å². The van der Waals surface area contributed by atoms with Crippen molar-refractivity contribution in [2.45, 2.75) is 25.8 Å². The quantitative estimate of drug-likeness (QED) is 0.769. The van der Waals surface area contributed by atoms with E-state index in [9.17, 15) is 4.39 Å². The number of halogens is 1.